The van der Waals surface area contributed by atoms with Gasteiger partial charge < -0.3 is 15.8 Å². The maximum Gasteiger partial charge on any atom is 0.248 e. The van der Waals surface area contributed by atoms with Crippen LogP contribution in [0.1, 0.15) is 10.4 Å². The summed E-state index contributed by atoms with van der Waals surface area (Å²) >= 11 is 0. The third-order valence-corrected chi connectivity index (χ3v) is 3.62. The number of primary amides is 1. The standard InChI is InChI=1S/C17H18N4O2/c1-23-8-7-19-13-4-2-3-11(9-13)16-14-10-12(17(18)22)5-6-15(14)20-21-16/h2-6,9-10,19H,7-8H2,1H3,(H2,18,22)(H,20,21). The second-order valence-electron chi connectivity index (χ2n) is 5.20. The van der Waals surface area contributed by atoms with E-state index < -0.39 is 5.91 Å². The van der Waals surface area contributed by atoms with Crippen molar-refractivity contribution in [2.24, 2.45) is 5.73 Å². The van der Waals surface area contributed by atoms with Gasteiger partial charge in [-0.1, -0.05) is 12.1 Å². The number of carbonyl (C=O) groups excluding carboxylic acids is 1. The summed E-state index contributed by atoms with van der Waals surface area (Å²) in [5, 5.41) is 11.5. The minimum Gasteiger partial charge on any atom is -0.383 e. The van der Waals surface area contributed by atoms with E-state index in [1.54, 1.807) is 19.2 Å². The number of hydrogen-bond acceptors (Lipinski definition) is 4. The minimum atomic E-state index is -0.450. The molecule has 0 spiro atoms. The van der Waals surface area contributed by atoms with E-state index >= 15 is 0 Å². The van der Waals surface area contributed by atoms with Gasteiger partial charge in [-0.25, -0.2) is 0 Å². The van der Waals surface area contributed by atoms with Crippen molar-refractivity contribution in [3.8, 4) is 11.3 Å². The van der Waals surface area contributed by atoms with Gasteiger partial charge in [-0.15, -0.1) is 0 Å². The van der Waals surface area contributed by atoms with E-state index in [0.29, 0.717) is 12.2 Å². The van der Waals surface area contributed by atoms with Crippen molar-refractivity contribution >= 4 is 22.5 Å². The Hall–Kier alpha value is -2.86. The van der Waals surface area contributed by atoms with Gasteiger partial charge in [-0.05, 0) is 30.3 Å². The fourth-order valence-electron chi connectivity index (χ4n) is 2.46. The second-order valence-corrected chi connectivity index (χ2v) is 5.20. The normalized spacial score (nSPS) is 10.8. The number of nitrogens with zero attached hydrogens (tertiary/aromatic N) is 1. The van der Waals surface area contributed by atoms with Crippen molar-refractivity contribution in [3.63, 3.8) is 0 Å². The van der Waals surface area contributed by atoms with Crippen LogP contribution in [0.5, 0.6) is 0 Å². The van der Waals surface area contributed by atoms with Crippen molar-refractivity contribution in [1.29, 1.82) is 0 Å². The number of benzene rings is 2. The summed E-state index contributed by atoms with van der Waals surface area (Å²) < 4.78 is 5.04. The van der Waals surface area contributed by atoms with Crippen molar-refractivity contribution in [1.82, 2.24) is 10.2 Å². The molecule has 4 N–H and O–H groups in total. The molecule has 0 unspecified atom stereocenters. The smallest absolute Gasteiger partial charge is 0.248 e. The van der Waals surface area contributed by atoms with Crippen molar-refractivity contribution < 1.29 is 9.53 Å². The summed E-state index contributed by atoms with van der Waals surface area (Å²) in [6.45, 7) is 1.37. The molecule has 1 heterocycles. The first-order valence-electron chi connectivity index (χ1n) is 7.30. The molecule has 118 valence electrons. The molecule has 23 heavy (non-hydrogen) atoms. The Morgan fingerprint density at radius 3 is 2.96 bits per heavy atom. The fourth-order valence-corrected chi connectivity index (χ4v) is 2.46. The molecular formula is C17H18N4O2. The second kappa shape index (κ2) is 6.50. The maximum absolute atomic E-state index is 11.4. The van der Waals surface area contributed by atoms with Gasteiger partial charge in [0.1, 0.15) is 0 Å². The fraction of sp³-hybridized carbons (Fsp3) is 0.176. The zero-order valence-electron chi connectivity index (χ0n) is 12.8. The molecule has 0 aliphatic heterocycles. The molecule has 1 aromatic heterocycles. The number of aromatic amines is 1. The zero-order valence-corrected chi connectivity index (χ0v) is 12.8. The molecule has 1 amide bonds. The Morgan fingerprint density at radius 1 is 1.30 bits per heavy atom. The van der Waals surface area contributed by atoms with Crippen LogP contribution in [0.2, 0.25) is 0 Å². The Balaban J connectivity index is 1.97. The quantitative estimate of drug-likeness (QED) is 0.609. The number of anilines is 1. The predicted molar refractivity (Wildman–Crippen MR) is 90.4 cm³/mol. The van der Waals surface area contributed by atoms with E-state index in [-0.39, 0.29) is 0 Å². The van der Waals surface area contributed by atoms with E-state index in [1.807, 2.05) is 30.3 Å². The van der Waals surface area contributed by atoms with Crippen LogP contribution in [-0.4, -0.2) is 36.4 Å². The molecule has 6 nitrogen and oxygen atoms in total. The van der Waals surface area contributed by atoms with Gasteiger partial charge in [-0.2, -0.15) is 5.10 Å². The number of amides is 1. The van der Waals surface area contributed by atoms with Crippen LogP contribution in [0, 0.1) is 0 Å². The van der Waals surface area contributed by atoms with Crippen LogP contribution >= 0.6 is 0 Å². The average molecular weight is 310 g/mol. The third-order valence-electron chi connectivity index (χ3n) is 3.62. The largest absolute Gasteiger partial charge is 0.383 e. The highest BCUT2D eigenvalue weighted by molar-refractivity contribution is 6.00. The lowest BCUT2D eigenvalue weighted by atomic mass is 10.0. The van der Waals surface area contributed by atoms with Crippen LogP contribution in [0.3, 0.4) is 0 Å². The predicted octanol–water partition coefficient (Wildman–Crippen LogP) is 2.39. The van der Waals surface area contributed by atoms with Crippen LogP contribution in [0.4, 0.5) is 5.69 Å². The number of aromatic nitrogens is 2. The van der Waals surface area contributed by atoms with Crippen LogP contribution in [0.15, 0.2) is 42.5 Å². The summed E-state index contributed by atoms with van der Waals surface area (Å²) in [4.78, 5) is 11.4. The van der Waals surface area contributed by atoms with Gasteiger partial charge in [0.05, 0.1) is 17.8 Å². The number of methoxy groups -OCH3 is 1. The van der Waals surface area contributed by atoms with Crippen LogP contribution < -0.4 is 11.1 Å². The van der Waals surface area contributed by atoms with E-state index in [2.05, 4.69) is 15.5 Å². The molecule has 0 saturated carbocycles. The highest BCUT2D eigenvalue weighted by Gasteiger charge is 2.11. The topological polar surface area (TPSA) is 93.0 Å². The lowest BCUT2D eigenvalue weighted by Gasteiger charge is -2.07. The Kier molecular flexibility index (Phi) is 4.25. The summed E-state index contributed by atoms with van der Waals surface area (Å²) in [6.07, 6.45) is 0. The summed E-state index contributed by atoms with van der Waals surface area (Å²) in [5.74, 6) is -0.450. The first-order chi connectivity index (χ1) is 11.2. The maximum atomic E-state index is 11.4. The molecule has 0 saturated heterocycles. The van der Waals surface area contributed by atoms with E-state index in [0.717, 1.165) is 34.4 Å². The number of H-pyrrole nitrogens is 1. The van der Waals surface area contributed by atoms with E-state index in [9.17, 15) is 4.79 Å². The third kappa shape index (κ3) is 3.17. The highest BCUT2D eigenvalue weighted by Crippen LogP contribution is 2.28. The van der Waals surface area contributed by atoms with Crippen molar-refractivity contribution in [2.75, 3.05) is 25.6 Å². The number of ether oxygens (including phenoxy) is 1. The van der Waals surface area contributed by atoms with Gasteiger partial charge in [-0.3, -0.25) is 9.89 Å². The molecule has 6 heteroatoms. The number of hydrogen-bond donors (Lipinski definition) is 3. The first-order valence-corrected chi connectivity index (χ1v) is 7.30. The molecule has 0 aliphatic rings. The minimum absolute atomic E-state index is 0.450. The van der Waals surface area contributed by atoms with Crippen LogP contribution in [-0.2, 0) is 4.74 Å². The number of nitrogens with one attached hydrogen (secondary N) is 2. The molecule has 0 bridgehead atoms. The van der Waals surface area contributed by atoms with Crippen LogP contribution in [0.25, 0.3) is 22.2 Å². The monoisotopic (exact) mass is 310 g/mol. The first kappa shape index (κ1) is 15.1. The lowest BCUT2D eigenvalue weighted by molar-refractivity contribution is 0.100. The Bertz CT molecular complexity index is 841. The molecule has 3 rings (SSSR count). The van der Waals surface area contributed by atoms with Gasteiger partial charge >= 0.3 is 0 Å². The molecule has 2 aromatic carbocycles. The molecule has 0 aliphatic carbocycles. The Morgan fingerprint density at radius 2 is 2.17 bits per heavy atom. The lowest BCUT2D eigenvalue weighted by Crippen LogP contribution is -2.10. The van der Waals surface area contributed by atoms with E-state index in [1.165, 1.54) is 0 Å². The van der Waals surface area contributed by atoms with E-state index in [4.69, 9.17) is 10.5 Å². The van der Waals surface area contributed by atoms with Crippen molar-refractivity contribution in [2.45, 2.75) is 0 Å². The number of nitrogens with two attached hydrogens (primary N) is 1. The molecule has 0 atom stereocenters. The van der Waals surface area contributed by atoms with Gasteiger partial charge in [0, 0.05) is 35.9 Å². The van der Waals surface area contributed by atoms with Gasteiger partial charge in [0.25, 0.3) is 0 Å². The van der Waals surface area contributed by atoms with Gasteiger partial charge in [0.15, 0.2) is 0 Å². The van der Waals surface area contributed by atoms with Crippen molar-refractivity contribution in [3.05, 3.63) is 48.0 Å². The molecule has 0 fully saturated rings. The number of rotatable bonds is 6. The molecule has 3 aromatic rings. The summed E-state index contributed by atoms with van der Waals surface area (Å²) in [5.41, 5.74) is 9.43. The summed E-state index contributed by atoms with van der Waals surface area (Å²) in [6, 6.07) is 13.2. The summed E-state index contributed by atoms with van der Waals surface area (Å²) in [7, 11) is 1.67. The molecular weight excluding hydrogens is 292 g/mol. The highest BCUT2D eigenvalue weighted by atomic mass is 16.5. The zero-order chi connectivity index (χ0) is 16.2. The molecule has 0 radical (unpaired) electrons. The van der Waals surface area contributed by atoms with Gasteiger partial charge in [0.2, 0.25) is 5.91 Å². The SMILES string of the molecule is COCCNc1cccc(-c2n[nH]c3ccc(C(N)=O)cc23)c1. The number of carbonyl (C=O) groups is 1. The Labute approximate surface area is 133 Å². The average Bonchev–Trinajstić information content (AvgIpc) is 2.98. The number of fused-ring (bicyclic) bond motifs is 1.